The molecule has 0 unspecified atom stereocenters. The molecule has 5 nitrogen and oxygen atoms in total. The summed E-state index contributed by atoms with van der Waals surface area (Å²) < 4.78 is 7.92. The van der Waals surface area contributed by atoms with Crippen LogP contribution in [0.5, 0.6) is 0 Å². The van der Waals surface area contributed by atoms with Gasteiger partial charge in [0, 0.05) is 36.0 Å². The van der Waals surface area contributed by atoms with Crippen LogP contribution in [0, 0.1) is 20.8 Å². The molecule has 0 fully saturated rings. The predicted octanol–water partition coefficient (Wildman–Crippen LogP) is 4.44. The minimum Gasteiger partial charge on any atom is -0.455 e. The maximum absolute atomic E-state index is 12.8. The number of nitrogens with one attached hydrogen (secondary N) is 1. The molecule has 134 valence electrons. The van der Waals surface area contributed by atoms with E-state index < -0.39 is 0 Å². The normalized spacial score (nSPS) is 12.6. The number of carbonyl (C=O) groups excluding carboxylic acids is 1. The van der Waals surface area contributed by atoms with Gasteiger partial charge < -0.3 is 9.73 Å². The Labute approximate surface area is 153 Å². The number of amides is 1. The molecule has 0 bridgehead atoms. The summed E-state index contributed by atoms with van der Waals surface area (Å²) in [4.78, 5) is 12.8. The second-order valence-corrected chi connectivity index (χ2v) is 6.99. The SMILES string of the molecule is CCn1cc2c(n1)-c1c(oc(C(=O)Nc3ccc(C)cc3C)c1C)CC2. The predicted molar refractivity (Wildman–Crippen MR) is 102 cm³/mol. The van der Waals surface area contributed by atoms with Gasteiger partial charge in [0.15, 0.2) is 5.76 Å². The molecule has 3 aromatic rings. The lowest BCUT2D eigenvalue weighted by molar-refractivity contribution is 0.0994. The molecule has 1 amide bonds. The van der Waals surface area contributed by atoms with Crippen LogP contribution in [0.15, 0.2) is 28.8 Å². The van der Waals surface area contributed by atoms with Gasteiger partial charge in [0.2, 0.25) is 0 Å². The van der Waals surface area contributed by atoms with E-state index in [1.807, 2.05) is 37.6 Å². The van der Waals surface area contributed by atoms with Gasteiger partial charge >= 0.3 is 0 Å². The largest absolute Gasteiger partial charge is 0.455 e. The summed E-state index contributed by atoms with van der Waals surface area (Å²) in [6.07, 6.45) is 3.79. The van der Waals surface area contributed by atoms with E-state index in [1.54, 1.807) is 0 Å². The summed E-state index contributed by atoms with van der Waals surface area (Å²) in [5.41, 5.74) is 7.06. The minimum absolute atomic E-state index is 0.208. The van der Waals surface area contributed by atoms with Crippen molar-refractivity contribution >= 4 is 11.6 Å². The first-order valence-corrected chi connectivity index (χ1v) is 9.05. The Bertz CT molecular complexity index is 1010. The topological polar surface area (TPSA) is 60.1 Å². The van der Waals surface area contributed by atoms with Gasteiger partial charge in [0.25, 0.3) is 5.91 Å². The summed E-state index contributed by atoms with van der Waals surface area (Å²) in [6.45, 7) is 8.88. The molecule has 0 atom stereocenters. The first-order chi connectivity index (χ1) is 12.5. The van der Waals surface area contributed by atoms with Gasteiger partial charge in [-0.05, 0) is 51.3 Å². The monoisotopic (exact) mass is 349 g/mol. The van der Waals surface area contributed by atoms with Crippen molar-refractivity contribution in [2.24, 2.45) is 0 Å². The van der Waals surface area contributed by atoms with Gasteiger partial charge in [-0.15, -0.1) is 0 Å². The molecule has 26 heavy (non-hydrogen) atoms. The zero-order valence-electron chi connectivity index (χ0n) is 15.6. The highest BCUT2D eigenvalue weighted by atomic mass is 16.4. The molecular weight excluding hydrogens is 326 g/mol. The molecule has 4 rings (SSSR count). The molecular formula is C21H23N3O2. The number of benzene rings is 1. The van der Waals surface area contributed by atoms with Crippen molar-refractivity contribution in [2.45, 2.75) is 47.1 Å². The maximum atomic E-state index is 12.8. The maximum Gasteiger partial charge on any atom is 0.291 e. The lowest BCUT2D eigenvalue weighted by Gasteiger charge is -2.09. The molecule has 1 N–H and O–H groups in total. The van der Waals surface area contributed by atoms with Crippen molar-refractivity contribution in [1.29, 1.82) is 0 Å². The standard InChI is InChI=1S/C21H23N3O2/c1-5-24-11-15-7-9-17-18(19(15)23-24)14(4)20(26-17)21(25)22-16-8-6-12(2)10-13(16)3/h6,8,10-11H,5,7,9H2,1-4H3,(H,22,25). The highest BCUT2D eigenvalue weighted by Crippen LogP contribution is 2.38. The summed E-state index contributed by atoms with van der Waals surface area (Å²) in [6, 6.07) is 5.98. The summed E-state index contributed by atoms with van der Waals surface area (Å²) in [5, 5.41) is 7.66. The van der Waals surface area contributed by atoms with Crippen LogP contribution in [0.4, 0.5) is 5.69 Å². The van der Waals surface area contributed by atoms with Crippen molar-refractivity contribution in [3.8, 4) is 11.3 Å². The van der Waals surface area contributed by atoms with E-state index in [4.69, 9.17) is 4.42 Å². The fourth-order valence-electron chi connectivity index (χ4n) is 3.67. The Morgan fingerprint density at radius 1 is 1.27 bits per heavy atom. The second-order valence-electron chi connectivity index (χ2n) is 6.99. The average molecular weight is 349 g/mol. The third kappa shape index (κ3) is 2.64. The Balaban J connectivity index is 1.70. The van der Waals surface area contributed by atoms with Crippen molar-refractivity contribution in [3.05, 3.63) is 58.2 Å². The number of fused-ring (bicyclic) bond motifs is 3. The summed E-state index contributed by atoms with van der Waals surface area (Å²) in [7, 11) is 0. The third-order valence-electron chi connectivity index (χ3n) is 5.08. The average Bonchev–Trinajstić information content (AvgIpc) is 3.18. The van der Waals surface area contributed by atoms with E-state index in [9.17, 15) is 4.79 Å². The highest BCUT2D eigenvalue weighted by Gasteiger charge is 2.29. The first kappa shape index (κ1) is 16.6. The number of rotatable bonds is 3. The van der Waals surface area contributed by atoms with Gasteiger partial charge in [-0.3, -0.25) is 9.48 Å². The lowest BCUT2D eigenvalue weighted by atomic mass is 9.93. The van der Waals surface area contributed by atoms with Crippen molar-refractivity contribution < 1.29 is 9.21 Å². The molecule has 5 heteroatoms. The fraction of sp³-hybridized carbons (Fsp3) is 0.333. The summed E-state index contributed by atoms with van der Waals surface area (Å²) >= 11 is 0. The molecule has 1 aliphatic carbocycles. The number of aromatic nitrogens is 2. The van der Waals surface area contributed by atoms with E-state index in [0.29, 0.717) is 5.76 Å². The zero-order valence-corrected chi connectivity index (χ0v) is 15.6. The van der Waals surface area contributed by atoms with Crippen LogP contribution in [0.1, 0.15) is 45.5 Å². The Morgan fingerprint density at radius 2 is 2.08 bits per heavy atom. The molecule has 0 radical (unpaired) electrons. The lowest BCUT2D eigenvalue weighted by Crippen LogP contribution is -2.13. The van der Waals surface area contributed by atoms with E-state index in [0.717, 1.165) is 53.2 Å². The quantitative estimate of drug-likeness (QED) is 0.760. The van der Waals surface area contributed by atoms with Crippen LogP contribution in [0.2, 0.25) is 0 Å². The Morgan fingerprint density at radius 3 is 2.81 bits per heavy atom. The number of nitrogens with zero attached hydrogens (tertiary/aromatic N) is 2. The van der Waals surface area contributed by atoms with Crippen LogP contribution in [-0.2, 0) is 19.4 Å². The number of anilines is 1. The van der Waals surface area contributed by atoms with Gasteiger partial charge in [-0.1, -0.05) is 17.7 Å². The molecule has 1 aromatic carbocycles. The molecule has 0 saturated heterocycles. The molecule has 2 heterocycles. The van der Waals surface area contributed by atoms with Crippen LogP contribution in [0.25, 0.3) is 11.3 Å². The zero-order chi connectivity index (χ0) is 18.4. The van der Waals surface area contributed by atoms with Gasteiger partial charge in [-0.25, -0.2) is 0 Å². The minimum atomic E-state index is -0.208. The van der Waals surface area contributed by atoms with Crippen LogP contribution in [-0.4, -0.2) is 15.7 Å². The van der Waals surface area contributed by atoms with Crippen molar-refractivity contribution in [1.82, 2.24) is 9.78 Å². The number of aryl methyl sites for hydroxylation is 5. The van der Waals surface area contributed by atoms with E-state index in [2.05, 4.69) is 29.6 Å². The van der Waals surface area contributed by atoms with E-state index in [1.165, 1.54) is 11.1 Å². The van der Waals surface area contributed by atoms with Gasteiger partial charge in [0.1, 0.15) is 5.76 Å². The molecule has 0 saturated carbocycles. The smallest absolute Gasteiger partial charge is 0.291 e. The first-order valence-electron chi connectivity index (χ1n) is 9.05. The Hall–Kier alpha value is -2.82. The molecule has 0 spiro atoms. The van der Waals surface area contributed by atoms with Crippen LogP contribution < -0.4 is 5.32 Å². The third-order valence-corrected chi connectivity index (χ3v) is 5.08. The number of hydrogen-bond donors (Lipinski definition) is 1. The Kier molecular flexibility index (Phi) is 3.94. The fourth-order valence-corrected chi connectivity index (χ4v) is 3.67. The van der Waals surface area contributed by atoms with Crippen molar-refractivity contribution in [2.75, 3.05) is 5.32 Å². The van der Waals surface area contributed by atoms with E-state index >= 15 is 0 Å². The number of carbonyl (C=O) groups is 1. The van der Waals surface area contributed by atoms with Gasteiger partial charge in [-0.2, -0.15) is 5.10 Å². The number of hydrogen-bond acceptors (Lipinski definition) is 3. The van der Waals surface area contributed by atoms with Crippen LogP contribution in [0.3, 0.4) is 0 Å². The molecule has 1 aliphatic rings. The van der Waals surface area contributed by atoms with E-state index in [-0.39, 0.29) is 5.91 Å². The molecule has 0 aliphatic heterocycles. The van der Waals surface area contributed by atoms with Gasteiger partial charge in [0.05, 0.1) is 5.69 Å². The van der Waals surface area contributed by atoms with Crippen LogP contribution >= 0.6 is 0 Å². The summed E-state index contributed by atoms with van der Waals surface area (Å²) in [5.74, 6) is 1.04. The second kappa shape index (κ2) is 6.16. The van der Waals surface area contributed by atoms with Crippen molar-refractivity contribution in [3.63, 3.8) is 0 Å². The highest BCUT2D eigenvalue weighted by molar-refractivity contribution is 6.05. The molecule has 2 aromatic heterocycles. The number of furan rings is 1.